The second kappa shape index (κ2) is 7.11. The van der Waals surface area contributed by atoms with Gasteiger partial charge in [-0.25, -0.2) is 0 Å². The normalized spacial score (nSPS) is 18.3. The molecule has 0 aliphatic carbocycles. The van der Waals surface area contributed by atoms with Crippen LogP contribution in [0.25, 0.3) is 0 Å². The number of nitrogens with two attached hydrogens (primary N) is 1. The molecule has 5 heteroatoms. The molecule has 1 rings (SSSR count). The van der Waals surface area contributed by atoms with Gasteiger partial charge < -0.3 is 15.4 Å². The maximum absolute atomic E-state index is 5.46. The van der Waals surface area contributed by atoms with E-state index in [2.05, 4.69) is 16.8 Å². The molecular weight excluding hydrogens is 210 g/mol. The third kappa shape index (κ3) is 6.04. The van der Waals surface area contributed by atoms with Gasteiger partial charge in [0.25, 0.3) is 0 Å². The first-order chi connectivity index (χ1) is 7.18. The van der Waals surface area contributed by atoms with Crippen LogP contribution in [0.4, 0.5) is 0 Å². The van der Waals surface area contributed by atoms with Crippen molar-refractivity contribution in [2.24, 2.45) is 5.73 Å². The number of hydrogen-bond donors (Lipinski definition) is 1. The molecule has 15 heavy (non-hydrogen) atoms. The average molecular weight is 231 g/mol. The Morgan fingerprint density at radius 1 is 1.40 bits per heavy atom. The largest absolute Gasteiger partial charge is 0.393 e. The standard InChI is InChI=1S/C10H21N3OS/c1-12(3-2-10(11)15)4-5-13-6-8-14-9-7-13/h2-9H2,1H3,(H2,11,15). The van der Waals surface area contributed by atoms with Crippen molar-refractivity contribution in [2.45, 2.75) is 6.42 Å². The molecule has 1 aliphatic heterocycles. The smallest absolute Gasteiger partial charge is 0.0740 e. The average Bonchev–Trinajstić information content (AvgIpc) is 2.25. The van der Waals surface area contributed by atoms with E-state index in [4.69, 9.17) is 22.7 Å². The molecule has 0 saturated carbocycles. The number of thiocarbonyl (C=S) groups is 1. The highest BCUT2D eigenvalue weighted by molar-refractivity contribution is 7.80. The first kappa shape index (κ1) is 12.8. The number of ether oxygens (including phenoxy) is 1. The summed E-state index contributed by atoms with van der Waals surface area (Å²) in [6.07, 6.45) is 0.814. The Hall–Kier alpha value is -0.230. The van der Waals surface area contributed by atoms with Gasteiger partial charge in [0.05, 0.1) is 18.2 Å². The first-order valence-electron chi connectivity index (χ1n) is 5.45. The summed E-state index contributed by atoms with van der Waals surface area (Å²) < 4.78 is 5.30. The molecule has 1 fully saturated rings. The molecule has 1 heterocycles. The van der Waals surface area contributed by atoms with Crippen LogP contribution in [-0.4, -0.2) is 67.8 Å². The Kier molecular flexibility index (Phi) is 6.09. The van der Waals surface area contributed by atoms with Crippen molar-refractivity contribution in [3.05, 3.63) is 0 Å². The number of rotatable bonds is 6. The summed E-state index contributed by atoms with van der Waals surface area (Å²) in [6, 6.07) is 0. The van der Waals surface area contributed by atoms with Crippen LogP contribution in [-0.2, 0) is 4.74 Å². The fourth-order valence-electron chi connectivity index (χ4n) is 1.55. The highest BCUT2D eigenvalue weighted by Crippen LogP contribution is 1.97. The van der Waals surface area contributed by atoms with Gasteiger partial charge in [-0.1, -0.05) is 12.2 Å². The quantitative estimate of drug-likeness (QED) is 0.648. The van der Waals surface area contributed by atoms with E-state index in [1.165, 1.54) is 0 Å². The van der Waals surface area contributed by atoms with Gasteiger partial charge in [-0.05, 0) is 7.05 Å². The zero-order valence-corrected chi connectivity index (χ0v) is 10.3. The van der Waals surface area contributed by atoms with Gasteiger partial charge in [0.2, 0.25) is 0 Å². The van der Waals surface area contributed by atoms with E-state index in [-0.39, 0.29) is 0 Å². The molecule has 2 N–H and O–H groups in total. The third-order valence-corrected chi connectivity index (χ3v) is 2.85. The Labute approximate surface area is 97.3 Å². The lowest BCUT2D eigenvalue weighted by Gasteiger charge is -2.28. The summed E-state index contributed by atoms with van der Waals surface area (Å²) in [4.78, 5) is 5.31. The van der Waals surface area contributed by atoms with E-state index < -0.39 is 0 Å². The van der Waals surface area contributed by atoms with Crippen LogP contribution in [0.1, 0.15) is 6.42 Å². The van der Waals surface area contributed by atoms with Crippen LogP contribution < -0.4 is 5.73 Å². The van der Waals surface area contributed by atoms with E-state index in [0.29, 0.717) is 4.99 Å². The van der Waals surface area contributed by atoms with E-state index in [1.54, 1.807) is 0 Å². The molecule has 88 valence electrons. The molecule has 0 aromatic carbocycles. The maximum Gasteiger partial charge on any atom is 0.0740 e. The van der Waals surface area contributed by atoms with Gasteiger partial charge >= 0.3 is 0 Å². The number of nitrogens with zero attached hydrogens (tertiary/aromatic N) is 2. The van der Waals surface area contributed by atoms with Crippen LogP contribution in [0.15, 0.2) is 0 Å². The molecule has 0 aromatic heterocycles. The van der Waals surface area contributed by atoms with Crippen molar-refractivity contribution < 1.29 is 4.74 Å². The lowest BCUT2D eigenvalue weighted by atomic mass is 10.3. The number of hydrogen-bond acceptors (Lipinski definition) is 4. The SMILES string of the molecule is CN(CCC(N)=S)CCN1CCOCC1. The van der Waals surface area contributed by atoms with Crippen molar-refractivity contribution in [3.63, 3.8) is 0 Å². The minimum absolute atomic E-state index is 0.605. The van der Waals surface area contributed by atoms with Crippen molar-refractivity contribution in [1.29, 1.82) is 0 Å². The molecular formula is C10H21N3OS. The van der Waals surface area contributed by atoms with Gasteiger partial charge in [0.1, 0.15) is 0 Å². The minimum atomic E-state index is 0.605. The summed E-state index contributed by atoms with van der Waals surface area (Å²) in [5.41, 5.74) is 5.46. The highest BCUT2D eigenvalue weighted by atomic mass is 32.1. The summed E-state index contributed by atoms with van der Waals surface area (Å²) >= 11 is 4.85. The summed E-state index contributed by atoms with van der Waals surface area (Å²) in [5.74, 6) is 0. The fourth-order valence-corrected chi connectivity index (χ4v) is 1.64. The lowest BCUT2D eigenvalue weighted by Crippen LogP contribution is -2.41. The zero-order chi connectivity index (χ0) is 11.1. The molecule has 0 unspecified atom stereocenters. The third-order valence-electron chi connectivity index (χ3n) is 2.64. The van der Waals surface area contributed by atoms with Crippen molar-refractivity contribution in [3.8, 4) is 0 Å². The molecule has 0 amide bonds. The molecule has 1 aliphatic rings. The van der Waals surface area contributed by atoms with Gasteiger partial charge in [-0.15, -0.1) is 0 Å². The summed E-state index contributed by atoms with van der Waals surface area (Å²) in [6.45, 7) is 7.00. The fraction of sp³-hybridized carbons (Fsp3) is 0.900. The molecule has 0 radical (unpaired) electrons. The Morgan fingerprint density at radius 2 is 2.07 bits per heavy atom. The van der Waals surface area contributed by atoms with Gasteiger partial charge in [0, 0.05) is 39.1 Å². The lowest BCUT2D eigenvalue weighted by molar-refractivity contribution is 0.0346. The van der Waals surface area contributed by atoms with E-state index >= 15 is 0 Å². The highest BCUT2D eigenvalue weighted by Gasteiger charge is 2.10. The van der Waals surface area contributed by atoms with Crippen LogP contribution in [0.2, 0.25) is 0 Å². The predicted octanol–water partition coefficient (Wildman–Crippen LogP) is -0.0734. The number of morpholine rings is 1. The molecule has 1 saturated heterocycles. The Morgan fingerprint density at radius 3 is 2.67 bits per heavy atom. The summed E-state index contributed by atoms with van der Waals surface area (Å²) in [7, 11) is 2.11. The molecule has 0 spiro atoms. The molecule has 0 bridgehead atoms. The molecule has 4 nitrogen and oxygen atoms in total. The zero-order valence-electron chi connectivity index (χ0n) is 9.45. The van der Waals surface area contributed by atoms with Crippen molar-refractivity contribution in [2.75, 3.05) is 53.0 Å². The van der Waals surface area contributed by atoms with Gasteiger partial charge in [-0.2, -0.15) is 0 Å². The number of likely N-dealkylation sites (N-methyl/N-ethyl adjacent to an activating group) is 1. The maximum atomic E-state index is 5.46. The topological polar surface area (TPSA) is 41.7 Å². The second-order valence-corrected chi connectivity index (χ2v) is 4.50. The van der Waals surface area contributed by atoms with Crippen LogP contribution in [0, 0.1) is 0 Å². The molecule has 0 aromatic rings. The van der Waals surface area contributed by atoms with Crippen LogP contribution in [0.5, 0.6) is 0 Å². The van der Waals surface area contributed by atoms with Crippen LogP contribution in [0.3, 0.4) is 0 Å². The van der Waals surface area contributed by atoms with E-state index in [9.17, 15) is 0 Å². The predicted molar refractivity (Wildman–Crippen MR) is 66.2 cm³/mol. The van der Waals surface area contributed by atoms with E-state index in [0.717, 1.165) is 52.4 Å². The van der Waals surface area contributed by atoms with Gasteiger partial charge in [0.15, 0.2) is 0 Å². The minimum Gasteiger partial charge on any atom is -0.393 e. The molecule has 0 atom stereocenters. The summed E-state index contributed by atoms with van der Waals surface area (Å²) in [5, 5.41) is 0. The van der Waals surface area contributed by atoms with Crippen LogP contribution >= 0.6 is 12.2 Å². The first-order valence-corrected chi connectivity index (χ1v) is 5.86. The second-order valence-electron chi connectivity index (χ2n) is 3.97. The van der Waals surface area contributed by atoms with E-state index in [1.807, 2.05) is 0 Å². The van der Waals surface area contributed by atoms with Crippen molar-refractivity contribution in [1.82, 2.24) is 9.80 Å². The monoisotopic (exact) mass is 231 g/mol. The Bertz CT molecular complexity index is 195. The van der Waals surface area contributed by atoms with Crippen molar-refractivity contribution >= 4 is 17.2 Å². The van der Waals surface area contributed by atoms with Gasteiger partial charge in [-0.3, -0.25) is 4.90 Å². The Balaban J connectivity index is 2.04.